The maximum Gasteiger partial charge on any atom is 0.419 e. The Bertz CT molecular complexity index is 380. The van der Waals surface area contributed by atoms with Crippen LogP contribution in [-0.4, -0.2) is 29.2 Å². The molecule has 0 aromatic carbocycles. The van der Waals surface area contributed by atoms with Crippen molar-refractivity contribution in [1.82, 2.24) is 4.98 Å². The molecule has 0 unspecified atom stereocenters. The fourth-order valence-electron chi connectivity index (χ4n) is 1.04. The third kappa shape index (κ3) is 3.81. The predicted octanol–water partition coefficient (Wildman–Crippen LogP) is 2.14. The SMILES string of the molecule is OCC(F)(F)CNc1ncccc1C(F)(F)F. The molecule has 0 aliphatic carbocycles. The van der Waals surface area contributed by atoms with E-state index in [0.29, 0.717) is 0 Å². The van der Waals surface area contributed by atoms with E-state index in [-0.39, 0.29) is 0 Å². The van der Waals surface area contributed by atoms with E-state index < -0.39 is 36.6 Å². The van der Waals surface area contributed by atoms with Gasteiger partial charge in [0.1, 0.15) is 12.4 Å². The summed E-state index contributed by atoms with van der Waals surface area (Å²) in [6.45, 7) is -2.57. The Morgan fingerprint density at radius 2 is 1.88 bits per heavy atom. The third-order valence-corrected chi connectivity index (χ3v) is 1.86. The van der Waals surface area contributed by atoms with Crippen molar-refractivity contribution in [2.24, 2.45) is 0 Å². The number of nitrogens with one attached hydrogen (secondary N) is 1. The van der Waals surface area contributed by atoms with Gasteiger partial charge in [-0.05, 0) is 12.1 Å². The second kappa shape index (κ2) is 4.82. The lowest BCUT2D eigenvalue weighted by Gasteiger charge is -2.17. The van der Waals surface area contributed by atoms with Crippen LogP contribution in [-0.2, 0) is 6.18 Å². The average molecular weight is 256 g/mol. The van der Waals surface area contributed by atoms with Crippen LogP contribution in [0.1, 0.15) is 5.56 Å². The van der Waals surface area contributed by atoms with Crippen molar-refractivity contribution in [3.8, 4) is 0 Å². The van der Waals surface area contributed by atoms with Gasteiger partial charge in [-0.15, -0.1) is 0 Å². The molecule has 0 radical (unpaired) electrons. The van der Waals surface area contributed by atoms with E-state index >= 15 is 0 Å². The highest BCUT2D eigenvalue weighted by atomic mass is 19.4. The smallest absolute Gasteiger partial charge is 0.390 e. The quantitative estimate of drug-likeness (QED) is 0.811. The van der Waals surface area contributed by atoms with Crippen LogP contribution in [0.25, 0.3) is 0 Å². The number of aromatic nitrogens is 1. The Hall–Kier alpha value is -1.44. The first kappa shape index (κ1) is 13.6. The summed E-state index contributed by atoms with van der Waals surface area (Å²) in [4.78, 5) is 3.34. The minimum Gasteiger partial charge on any atom is -0.390 e. The van der Waals surface area contributed by atoms with Crippen molar-refractivity contribution in [3.05, 3.63) is 23.9 Å². The molecule has 0 fully saturated rings. The number of halogens is 5. The standard InChI is InChI=1S/C9H9F5N2O/c10-8(11,5-17)4-16-7-6(9(12,13)14)2-1-3-15-7/h1-3,17H,4-5H2,(H,15,16). The van der Waals surface area contributed by atoms with E-state index in [1.807, 2.05) is 5.32 Å². The summed E-state index contributed by atoms with van der Waals surface area (Å²) in [7, 11) is 0. The molecule has 1 aromatic heterocycles. The number of nitrogens with zero attached hydrogens (tertiary/aromatic N) is 1. The van der Waals surface area contributed by atoms with Crippen molar-refractivity contribution in [3.63, 3.8) is 0 Å². The monoisotopic (exact) mass is 256 g/mol. The van der Waals surface area contributed by atoms with E-state index in [2.05, 4.69) is 4.98 Å². The van der Waals surface area contributed by atoms with Crippen LogP contribution in [0.5, 0.6) is 0 Å². The second-order valence-electron chi connectivity index (χ2n) is 3.26. The number of aliphatic hydroxyl groups excluding tert-OH is 1. The van der Waals surface area contributed by atoms with Gasteiger partial charge in [0.05, 0.1) is 12.1 Å². The van der Waals surface area contributed by atoms with Crippen LogP contribution in [0.15, 0.2) is 18.3 Å². The minimum absolute atomic E-state index is 0.687. The van der Waals surface area contributed by atoms with Gasteiger partial charge in [0.25, 0.3) is 5.92 Å². The largest absolute Gasteiger partial charge is 0.419 e. The molecule has 1 heterocycles. The summed E-state index contributed by atoms with van der Waals surface area (Å²) in [6.07, 6.45) is -3.63. The molecule has 0 atom stereocenters. The number of anilines is 1. The zero-order chi connectivity index (χ0) is 13.1. The van der Waals surface area contributed by atoms with Crippen LogP contribution in [0, 0.1) is 0 Å². The average Bonchev–Trinajstić information content (AvgIpc) is 2.26. The maximum atomic E-state index is 12.6. The van der Waals surface area contributed by atoms with Gasteiger partial charge in [0.15, 0.2) is 0 Å². The van der Waals surface area contributed by atoms with E-state index in [4.69, 9.17) is 5.11 Å². The lowest BCUT2D eigenvalue weighted by Crippen LogP contribution is -2.31. The summed E-state index contributed by atoms with van der Waals surface area (Å²) < 4.78 is 62.6. The molecule has 17 heavy (non-hydrogen) atoms. The first-order chi connectivity index (χ1) is 7.76. The molecule has 2 N–H and O–H groups in total. The number of rotatable bonds is 4. The van der Waals surface area contributed by atoms with Gasteiger partial charge in [0, 0.05) is 6.20 Å². The predicted molar refractivity (Wildman–Crippen MR) is 49.8 cm³/mol. The van der Waals surface area contributed by atoms with Gasteiger partial charge in [-0.25, -0.2) is 13.8 Å². The summed E-state index contributed by atoms with van der Waals surface area (Å²) in [5.74, 6) is -4.19. The van der Waals surface area contributed by atoms with Crippen molar-refractivity contribution < 1.29 is 27.1 Å². The van der Waals surface area contributed by atoms with Gasteiger partial charge >= 0.3 is 6.18 Å². The highest BCUT2D eigenvalue weighted by molar-refractivity contribution is 5.45. The minimum atomic E-state index is -4.68. The Kier molecular flexibility index (Phi) is 3.87. The van der Waals surface area contributed by atoms with Crippen LogP contribution in [0.4, 0.5) is 27.8 Å². The Morgan fingerprint density at radius 3 is 2.41 bits per heavy atom. The highest BCUT2D eigenvalue weighted by Crippen LogP contribution is 2.33. The third-order valence-electron chi connectivity index (χ3n) is 1.86. The summed E-state index contributed by atoms with van der Waals surface area (Å²) in [5.41, 5.74) is -1.13. The highest BCUT2D eigenvalue weighted by Gasteiger charge is 2.35. The lowest BCUT2D eigenvalue weighted by molar-refractivity contribution is -0.137. The zero-order valence-electron chi connectivity index (χ0n) is 8.43. The fourth-order valence-corrected chi connectivity index (χ4v) is 1.04. The Labute approximate surface area is 93.3 Å². The Balaban J connectivity index is 2.85. The molecule has 1 rings (SSSR count). The van der Waals surface area contributed by atoms with E-state index in [1.165, 1.54) is 0 Å². The van der Waals surface area contributed by atoms with Gasteiger partial charge in [-0.1, -0.05) is 0 Å². The molecule has 3 nitrogen and oxygen atoms in total. The summed E-state index contributed by atoms with van der Waals surface area (Å²) >= 11 is 0. The molecule has 0 bridgehead atoms. The zero-order valence-corrected chi connectivity index (χ0v) is 8.43. The van der Waals surface area contributed by atoms with Crippen LogP contribution in [0.2, 0.25) is 0 Å². The van der Waals surface area contributed by atoms with Crippen molar-refractivity contribution in [2.75, 3.05) is 18.5 Å². The molecule has 1 aromatic rings. The van der Waals surface area contributed by atoms with Crippen molar-refractivity contribution >= 4 is 5.82 Å². The molecule has 0 aliphatic rings. The number of aliphatic hydroxyl groups is 1. The molecule has 0 spiro atoms. The van der Waals surface area contributed by atoms with Crippen molar-refractivity contribution in [1.29, 1.82) is 0 Å². The van der Waals surface area contributed by atoms with Crippen molar-refractivity contribution in [2.45, 2.75) is 12.1 Å². The van der Waals surface area contributed by atoms with Crippen LogP contribution < -0.4 is 5.32 Å². The summed E-state index contributed by atoms with van der Waals surface area (Å²) in [6, 6.07) is 1.78. The van der Waals surface area contributed by atoms with Crippen LogP contribution in [0.3, 0.4) is 0 Å². The van der Waals surface area contributed by atoms with E-state index in [0.717, 1.165) is 18.3 Å². The molecule has 0 amide bonds. The van der Waals surface area contributed by atoms with Crippen LogP contribution >= 0.6 is 0 Å². The number of hydrogen-bond donors (Lipinski definition) is 2. The van der Waals surface area contributed by atoms with Gasteiger partial charge < -0.3 is 10.4 Å². The van der Waals surface area contributed by atoms with Gasteiger partial charge in [-0.2, -0.15) is 13.2 Å². The molecule has 0 saturated heterocycles. The molecular weight excluding hydrogens is 247 g/mol. The molecule has 8 heteroatoms. The first-order valence-electron chi connectivity index (χ1n) is 4.51. The maximum absolute atomic E-state index is 12.6. The number of hydrogen-bond acceptors (Lipinski definition) is 3. The van der Waals surface area contributed by atoms with Gasteiger partial charge in [0.2, 0.25) is 0 Å². The molecule has 0 saturated carbocycles. The summed E-state index contributed by atoms with van der Waals surface area (Å²) in [5, 5.41) is 10.1. The topological polar surface area (TPSA) is 45.1 Å². The lowest BCUT2D eigenvalue weighted by atomic mass is 10.2. The number of pyridine rings is 1. The molecule has 0 aliphatic heterocycles. The molecular formula is C9H9F5N2O. The van der Waals surface area contributed by atoms with E-state index in [9.17, 15) is 22.0 Å². The molecule has 96 valence electrons. The normalized spacial score (nSPS) is 12.6. The Morgan fingerprint density at radius 1 is 1.24 bits per heavy atom. The van der Waals surface area contributed by atoms with E-state index in [1.54, 1.807) is 0 Å². The second-order valence-corrected chi connectivity index (χ2v) is 3.26. The fraction of sp³-hybridized carbons (Fsp3) is 0.444. The number of alkyl halides is 5. The van der Waals surface area contributed by atoms with Gasteiger partial charge in [-0.3, -0.25) is 0 Å². The first-order valence-corrected chi connectivity index (χ1v) is 4.51.